The summed E-state index contributed by atoms with van der Waals surface area (Å²) in [5, 5.41) is 3.18. The second-order valence-electron chi connectivity index (χ2n) is 4.03. The van der Waals surface area contributed by atoms with E-state index in [9.17, 15) is 4.79 Å². The third-order valence-corrected chi connectivity index (χ3v) is 3.63. The minimum Gasteiger partial charge on any atom is -0.494 e. The topological polar surface area (TPSA) is 67.0 Å². The lowest BCUT2D eigenvalue weighted by atomic mass is 10.3. The van der Waals surface area contributed by atoms with Crippen LogP contribution in [0.3, 0.4) is 0 Å². The SMILES string of the molecule is CCOc1ccc2nc(S[C@H](C)C(=O)NC)[nH]c2c1. The molecule has 19 heavy (non-hydrogen) atoms. The molecule has 1 heterocycles. The second kappa shape index (κ2) is 5.97. The van der Waals surface area contributed by atoms with Crippen molar-refractivity contribution in [3.05, 3.63) is 18.2 Å². The molecule has 2 aromatic rings. The van der Waals surface area contributed by atoms with Crippen molar-refractivity contribution in [2.45, 2.75) is 24.3 Å². The molecule has 0 radical (unpaired) electrons. The maximum Gasteiger partial charge on any atom is 0.233 e. The lowest BCUT2D eigenvalue weighted by molar-refractivity contribution is -0.119. The number of rotatable bonds is 5. The number of thioether (sulfide) groups is 1. The Morgan fingerprint density at radius 2 is 2.37 bits per heavy atom. The van der Waals surface area contributed by atoms with Gasteiger partial charge in [0.15, 0.2) is 5.16 Å². The lowest BCUT2D eigenvalue weighted by Crippen LogP contribution is -2.27. The number of fused-ring (bicyclic) bond motifs is 1. The van der Waals surface area contributed by atoms with Crippen molar-refractivity contribution < 1.29 is 9.53 Å². The van der Waals surface area contributed by atoms with E-state index in [0.717, 1.165) is 21.9 Å². The van der Waals surface area contributed by atoms with E-state index in [4.69, 9.17) is 4.74 Å². The Labute approximate surface area is 116 Å². The van der Waals surface area contributed by atoms with Crippen molar-refractivity contribution in [1.82, 2.24) is 15.3 Å². The predicted octanol–water partition coefficient (Wildman–Crippen LogP) is 2.19. The minimum absolute atomic E-state index is 0.0135. The van der Waals surface area contributed by atoms with Gasteiger partial charge in [0, 0.05) is 13.1 Å². The van der Waals surface area contributed by atoms with Crippen LogP contribution in [0.1, 0.15) is 13.8 Å². The average molecular weight is 279 g/mol. The number of benzene rings is 1. The van der Waals surface area contributed by atoms with Crippen molar-refractivity contribution in [2.24, 2.45) is 0 Å². The highest BCUT2D eigenvalue weighted by atomic mass is 32.2. The molecule has 5 nitrogen and oxygen atoms in total. The number of aromatic amines is 1. The summed E-state index contributed by atoms with van der Waals surface area (Å²) >= 11 is 1.40. The van der Waals surface area contributed by atoms with Crippen LogP contribution in [-0.2, 0) is 4.79 Å². The van der Waals surface area contributed by atoms with E-state index in [-0.39, 0.29) is 11.2 Å². The summed E-state index contributed by atoms with van der Waals surface area (Å²) in [6, 6.07) is 5.72. The Morgan fingerprint density at radius 3 is 3.05 bits per heavy atom. The molecule has 2 rings (SSSR count). The molecular weight excluding hydrogens is 262 g/mol. The molecule has 0 aliphatic rings. The number of ether oxygens (including phenoxy) is 1. The summed E-state index contributed by atoms with van der Waals surface area (Å²) < 4.78 is 5.44. The highest BCUT2D eigenvalue weighted by Crippen LogP contribution is 2.25. The number of hydrogen-bond donors (Lipinski definition) is 2. The molecule has 0 aliphatic heterocycles. The highest BCUT2D eigenvalue weighted by Gasteiger charge is 2.15. The summed E-state index contributed by atoms with van der Waals surface area (Å²) in [7, 11) is 1.63. The van der Waals surface area contributed by atoms with E-state index in [1.807, 2.05) is 32.0 Å². The smallest absolute Gasteiger partial charge is 0.233 e. The zero-order valence-electron chi connectivity index (χ0n) is 11.2. The molecule has 6 heteroatoms. The van der Waals surface area contributed by atoms with Crippen LogP contribution in [0.2, 0.25) is 0 Å². The summed E-state index contributed by atoms with van der Waals surface area (Å²) in [5.41, 5.74) is 1.78. The molecule has 102 valence electrons. The fourth-order valence-electron chi connectivity index (χ4n) is 1.70. The number of carbonyl (C=O) groups excluding carboxylic acids is 1. The van der Waals surface area contributed by atoms with Gasteiger partial charge in [-0.05, 0) is 26.0 Å². The zero-order chi connectivity index (χ0) is 13.8. The second-order valence-corrected chi connectivity index (χ2v) is 5.36. The number of hydrogen-bond acceptors (Lipinski definition) is 4. The summed E-state index contributed by atoms with van der Waals surface area (Å²) in [5.74, 6) is 0.801. The number of carbonyl (C=O) groups is 1. The van der Waals surface area contributed by atoms with Crippen molar-refractivity contribution >= 4 is 28.7 Å². The predicted molar refractivity (Wildman–Crippen MR) is 76.6 cm³/mol. The minimum atomic E-state index is -0.183. The Bertz CT molecular complexity index is 582. The molecule has 0 bridgehead atoms. The number of aromatic nitrogens is 2. The summed E-state index contributed by atoms with van der Waals surface area (Å²) in [6.45, 7) is 4.43. The maximum atomic E-state index is 11.5. The first-order valence-corrected chi connectivity index (χ1v) is 7.02. The molecular formula is C13H17N3O2S. The van der Waals surface area contributed by atoms with Gasteiger partial charge < -0.3 is 15.0 Å². The van der Waals surface area contributed by atoms with E-state index in [1.165, 1.54) is 11.8 Å². The van der Waals surface area contributed by atoms with Gasteiger partial charge in [0.05, 0.1) is 22.9 Å². The fraction of sp³-hybridized carbons (Fsp3) is 0.385. The molecule has 0 unspecified atom stereocenters. The molecule has 1 atom stereocenters. The van der Waals surface area contributed by atoms with E-state index < -0.39 is 0 Å². The third-order valence-electron chi connectivity index (χ3n) is 2.65. The Hall–Kier alpha value is -1.69. The molecule has 0 fully saturated rings. The van der Waals surface area contributed by atoms with Gasteiger partial charge in [0.2, 0.25) is 5.91 Å². The first kappa shape index (κ1) is 13.7. The van der Waals surface area contributed by atoms with Gasteiger partial charge >= 0.3 is 0 Å². The lowest BCUT2D eigenvalue weighted by Gasteiger charge is -2.06. The Morgan fingerprint density at radius 1 is 1.58 bits per heavy atom. The van der Waals surface area contributed by atoms with Crippen LogP contribution < -0.4 is 10.1 Å². The quantitative estimate of drug-likeness (QED) is 0.823. The normalized spacial score (nSPS) is 12.4. The molecule has 1 amide bonds. The molecule has 2 N–H and O–H groups in total. The molecule has 1 aromatic carbocycles. The van der Waals surface area contributed by atoms with Crippen molar-refractivity contribution in [2.75, 3.05) is 13.7 Å². The third kappa shape index (κ3) is 3.20. The van der Waals surface area contributed by atoms with Crippen molar-refractivity contribution in [3.63, 3.8) is 0 Å². The first-order valence-electron chi connectivity index (χ1n) is 6.15. The molecule has 0 spiro atoms. The standard InChI is InChI=1S/C13H17N3O2S/c1-4-18-9-5-6-10-11(7-9)16-13(15-10)19-8(2)12(17)14-3/h5-8H,4H2,1-3H3,(H,14,17)(H,15,16)/t8-/m1/s1. The Kier molecular flexibility index (Phi) is 4.31. The number of H-pyrrole nitrogens is 1. The average Bonchev–Trinajstić information content (AvgIpc) is 2.79. The van der Waals surface area contributed by atoms with E-state index >= 15 is 0 Å². The zero-order valence-corrected chi connectivity index (χ0v) is 12.0. The highest BCUT2D eigenvalue weighted by molar-refractivity contribution is 8.00. The van der Waals surface area contributed by atoms with Gasteiger partial charge in [-0.1, -0.05) is 11.8 Å². The van der Waals surface area contributed by atoms with Gasteiger partial charge in [-0.3, -0.25) is 4.79 Å². The van der Waals surface area contributed by atoms with Crippen molar-refractivity contribution in [1.29, 1.82) is 0 Å². The number of nitrogens with one attached hydrogen (secondary N) is 2. The number of amides is 1. The van der Waals surface area contributed by atoms with Crippen LogP contribution in [0, 0.1) is 0 Å². The van der Waals surface area contributed by atoms with Crippen LogP contribution in [-0.4, -0.2) is 34.8 Å². The van der Waals surface area contributed by atoms with Crippen LogP contribution in [0.4, 0.5) is 0 Å². The Balaban J connectivity index is 2.19. The van der Waals surface area contributed by atoms with Gasteiger partial charge in [0.1, 0.15) is 5.75 Å². The first-order chi connectivity index (χ1) is 9.13. The van der Waals surface area contributed by atoms with Crippen LogP contribution in [0.25, 0.3) is 11.0 Å². The molecule has 0 saturated heterocycles. The summed E-state index contributed by atoms with van der Waals surface area (Å²) in [6.07, 6.45) is 0. The van der Waals surface area contributed by atoms with Gasteiger partial charge in [-0.25, -0.2) is 4.98 Å². The maximum absolute atomic E-state index is 11.5. The monoisotopic (exact) mass is 279 g/mol. The van der Waals surface area contributed by atoms with E-state index in [1.54, 1.807) is 7.05 Å². The van der Waals surface area contributed by atoms with Gasteiger partial charge in [-0.15, -0.1) is 0 Å². The van der Waals surface area contributed by atoms with E-state index in [0.29, 0.717) is 6.61 Å². The molecule has 1 aromatic heterocycles. The number of nitrogens with zero attached hydrogens (tertiary/aromatic N) is 1. The van der Waals surface area contributed by atoms with Gasteiger partial charge in [-0.2, -0.15) is 0 Å². The van der Waals surface area contributed by atoms with Crippen LogP contribution in [0.15, 0.2) is 23.4 Å². The van der Waals surface area contributed by atoms with Crippen molar-refractivity contribution in [3.8, 4) is 5.75 Å². The van der Waals surface area contributed by atoms with Crippen LogP contribution >= 0.6 is 11.8 Å². The molecule has 0 aliphatic carbocycles. The van der Waals surface area contributed by atoms with Gasteiger partial charge in [0.25, 0.3) is 0 Å². The number of imidazole rings is 1. The molecule has 0 saturated carbocycles. The largest absolute Gasteiger partial charge is 0.494 e. The van der Waals surface area contributed by atoms with E-state index in [2.05, 4.69) is 15.3 Å². The summed E-state index contributed by atoms with van der Waals surface area (Å²) in [4.78, 5) is 19.1. The fourth-order valence-corrected chi connectivity index (χ4v) is 2.58. The van der Waals surface area contributed by atoms with Crippen LogP contribution in [0.5, 0.6) is 5.75 Å².